The van der Waals surface area contributed by atoms with Gasteiger partial charge in [-0.3, -0.25) is 4.79 Å². The van der Waals surface area contributed by atoms with Crippen molar-refractivity contribution >= 4 is 5.91 Å². The molecule has 5 nitrogen and oxygen atoms in total. The summed E-state index contributed by atoms with van der Waals surface area (Å²) in [6.07, 6.45) is 5.14. The number of methoxy groups -OCH3 is 1. The Morgan fingerprint density at radius 3 is 2.88 bits per heavy atom. The van der Waals surface area contributed by atoms with Gasteiger partial charge in [0.15, 0.2) is 0 Å². The summed E-state index contributed by atoms with van der Waals surface area (Å²) in [5.74, 6) is 0.814. The van der Waals surface area contributed by atoms with Crippen LogP contribution in [0.5, 0.6) is 5.75 Å². The molecule has 1 aliphatic carbocycles. The van der Waals surface area contributed by atoms with Crippen molar-refractivity contribution in [2.75, 3.05) is 13.7 Å². The van der Waals surface area contributed by atoms with E-state index in [1.807, 2.05) is 36.1 Å². The van der Waals surface area contributed by atoms with Crippen molar-refractivity contribution in [3.63, 3.8) is 0 Å². The third-order valence-corrected chi connectivity index (χ3v) is 4.01. The Hall–Kier alpha value is -2.27. The molecule has 1 atom stereocenters. The topological polar surface area (TPSA) is 51.9 Å². The van der Waals surface area contributed by atoms with E-state index >= 15 is 0 Å². The Balaban J connectivity index is 1.70. The number of amides is 1. The average molecular weight is 329 g/mol. The normalized spacial score (nSPS) is 15.1. The molecule has 0 N–H and O–H groups in total. The smallest absolute Gasteiger partial charge is 0.257 e. The van der Waals surface area contributed by atoms with E-state index < -0.39 is 0 Å². The first-order valence-corrected chi connectivity index (χ1v) is 8.25. The zero-order valence-electron chi connectivity index (χ0n) is 14.1. The first-order valence-electron chi connectivity index (χ1n) is 8.25. The largest absolute Gasteiger partial charge is 0.488 e. The van der Waals surface area contributed by atoms with Crippen LogP contribution in [0.1, 0.15) is 35.7 Å². The fourth-order valence-corrected chi connectivity index (χ4v) is 2.72. The van der Waals surface area contributed by atoms with Gasteiger partial charge in [-0.2, -0.15) is 0 Å². The van der Waals surface area contributed by atoms with Crippen LogP contribution in [0.2, 0.25) is 0 Å². The van der Waals surface area contributed by atoms with Gasteiger partial charge in [0.1, 0.15) is 18.1 Å². The molecule has 0 bridgehead atoms. The third kappa shape index (κ3) is 4.17. The highest BCUT2D eigenvalue weighted by atomic mass is 16.5. The summed E-state index contributed by atoms with van der Waals surface area (Å²) in [6, 6.07) is 9.93. The number of ether oxygens (including phenoxy) is 2. The van der Waals surface area contributed by atoms with Gasteiger partial charge in [0.2, 0.25) is 0 Å². The summed E-state index contributed by atoms with van der Waals surface area (Å²) in [4.78, 5) is 14.6. The lowest BCUT2D eigenvalue weighted by Gasteiger charge is -2.22. The molecule has 0 spiro atoms. The molecule has 1 heterocycles. The number of hydrogen-bond donors (Lipinski definition) is 0. The summed E-state index contributed by atoms with van der Waals surface area (Å²) in [5.41, 5.74) is 1.66. The van der Waals surface area contributed by atoms with Gasteiger partial charge in [-0.25, -0.2) is 0 Å². The lowest BCUT2D eigenvalue weighted by molar-refractivity contribution is 0.0728. The zero-order chi connectivity index (χ0) is 16.9. The van der Waals surface area contributed by atoms with Gasteiger partial charge in [0, 0.05) is 19.7 Å². The fraction of sp³-hybridized carbons (Fsp3) is 0.421. The van der Waals surface area contributed by atoms with Crippen molar-refractivity contribution in [3.8, 4) is 5.75 Å². The molecule has 128 valence electrons. The number of furan rings is 1. The van der Waals surface area contributed by atoms with E-state index in [0.717, 1.165) is 24.2 Å². The second kappa shape index (κ2) is 7.53. The van der Waals surface area contributed by atoms with E-state index in [2.05, 4.69) is 0 Å². The van der Waals surface area contributed by atoms with Crippen LogP contribution in [0.25, 0.3) is 0 Å². The summed E-state index contributed by atoms with van der Waals surface area (Å²) >= 11 is 0. The van der Waals surface area contributed by atoms with E-state index in [9.17, 15) is 4.79 Å². The van der Waals surface area contributed by atoms with Crippen molar-refractivity contribution in [1.82, 2.24) is 4.90 Å². The summed E-state index contributed by atoms with van der Waals surface area (Å²) in [7, 11) is 1.66. The molecule has 0 saturated heterocycles. The Bertz CT molecular complexity index is 664. The molecule has 1 aromatic heterocycles. The molecule has 3 rings (SSSR count). The van der Waals surface area contributed by atoms with Gasteiger partial charge in [-0.05, 0) is 43.5 Å². The van der Waals surface area contributed by atoms with Crippen molar-refractivity contribution in [3.05, 3.63) is 54.0 Å². The fourth-order valence-electron chi connectivity index (χ4n) is 2.72. The number of hydrogen-bond acceptors (Lipinski definition) is 4. The van der Waals surface area contributed by atoms with Gasteiger partial charge in [-0.15, -0.1) is 0 Å². The Morgan fingerprint density at radius 1 is 1.38 bits per heavy atom. The molecule has 1 aromatic carbocycles. The minimum atomic E-state index is -0.0163. The molecule has 0 radical (unpaired) electrons. The first-order chi connectivity index (χ1) is 11.7. The molecule has 1 amide bonds. The summed E-state index contributed by atoms with van der Waals surface area (Å²) in [6.45, 7) is 3.08. The molecule has 0 unspecified atom stereocenters. The van der Waals surface area contributed by atoms with Crippen LogP contribution < -0.4 is 4.74 Å². The monoisotopic (exact) mass is 329 g/mol. The van der Waals surface area contributed by atoms with Gasteiger partial charge >= 0.3 is 0 Å². The highest BCUT2D eigenvalue weighted by Crippen LogP contribution is 2.30. The van der Waals surface area contributed by atoms with E-state index in [1.165, 1.54) is 12.5 Å². The van der Waals surface area contributed by atoms with Gasteiger partial charge in [-0.1, -0.05) is 12.1 Å². The Kier molecular flexibility index (Phi) is 5.20. The lowest BCUT2D eigenvalue weighted by Crippen LogP contribution is -2.32. The average Bonchev–Trinajstić information content (AvgIpc) is 3.26. The van der Waals surface area contributed by atoms with Crippen molar-refractivity contribution < 1.29 is 18.7 Å². The zero-order valence-corrected chi connectivity index (χ0v) is 14.1. The Morgan fingerprint density at radius 2 is 2.21 bits per heavy atom. The Labute approximate surface area is 142 Å². The van der Waals surface area contributed by atoms with Crippen LogP contribution in [0.3, 0.4) is 0 Å². The molecule has 2 aromatic rings. The second-order valence-electron chi connectivity index (χ2n) is 6.21. The van der Waals surface area contributed by atoms with Gasteiger partial charge in [0.25, 0.3) is 5.91 Å². The minimum Gasteiger partial charge on any atom is -0.488 e. The molecule has 0 aliphatic heterocycles. The van der Waals surface area contributed by atoms with Crippen LogP contribution in [0, 0.1) is 0 Å². The van der Waals surface area contributed by atoms with Crippen LogP contribution in [0.4, 0.5) is 0 Å². The maximum absolute atomic E-state index is 12.7. The van der Waals surface area contributed by atoms with Crippen LogP contribution >= 0.6 is 0 Å². The highest BCUT2D eigenvalue weighted by molar-refractivity contribution is 5.94. The number of carbonyl (C=O) groups excluding carboxylic acids is 1. The SMILES string of the molecule is COC[C@H](C)Oc1cccc(CN(C(=O)c2ccoc2)C2CC2)c1. The summed E-state index contributed by atoms with van der Waals surface area (Å²) < 4.78 is 16.0. The van der Waals surface area contributed by atoms with Crippen LogP contribution in [-0.2, 0) is 11.3 Å². The minimum absolute atomic E-state index is 0.0163. The number of rotatable bonds is 8. The van der Waals surface area contributed by atoms with Crippen molar-refractivity contribution in [2.24, 2.45) is 0 Å². The molecule has 1 fully saturated rings. The number of carbonyl (C=O) groups is 1. The van der Waals surface area contributed by atoms with Gasteiger partial charge < -0.3 is 18.8 Å². The lowest BCUT2D eigenvalue weighted by atomic mass is 10.1. The standard InChI is InChI=1S/C19H23NO4/c1-14(12-22-2)24-18-5-3-4-15(10-18)11-20(17-6-7-17)19(21)16-8-9-23-13-16/h3-5,8-10,13-14,17H,6-7,11-12H2,1-2H3/t14-/m0/s1. The molecule has 24 heavy (non-hydrogen) atoms. The van der Waals surface area contributed by atoms with Gasteiger partial charge in [0.05, 0.1) is 18.4 Å². The maximum Gasteiger partial charge on any atom is 0.257 e. The van der Waals surface area contributed by atoms with Crippen LogP contribution in [-0.4, -0.2) is 36.7 Å². The van der Waals surface area contributed by atoms with E-state index in [-0.39, 0.29) is 12.0 Å². The molecular formula is C19H23NO4. The highest BCUT2D eigenvalue weighted by Gasteiger charge is 2.33. The quantitative estimate of drug-likeness (QED) is 0.744. The third-order valence-electron chi connectivity index (χ3n) is 4.01. The predicted octanol–water partition coefficient (Wildman–Crippen LogP) is 3.50. The predicted molar refractivity (Wildman–Crippen MR) is 90.0 cm³/mol. The second-order valence-corrected chi connectivity index (χ2v) is 6.21. The molecule has 1 aliphatic rings. The van der Waals surface area contributed by atoms with E-state index in [0.29, 0.717) is 24.8 Å². The molecule has 1 saturated carbocycles. The number of nitrogens with zero attached hydrogens (tertiary/aromatic N) is 1. The van der Waals surface area contributed by atoms with Crippen LogP contribution in [0.15, 0.2) is 47.3 Å². The molecular weight excluding hydrogens is 306 g/mol. The number of benzene rings is 1. The van der Waals surface area contributed by atoms with Crippen molar-refractivity contribution in [1.29, 1.82) is 0 Å². The van der Waals surface area contributed by atoms with Crippen molar-refractivity contribution in [2.45, 2.75) is 38.5 Å². The van der Waals surface area contributed by atoms with E-state index in [1.54, 1.807) is 13.2 Å². The molecule has 5 heteroatoms. The van der Waals surface area contributed by atoms with E-state index in [4.69, 9.17) is 13.9 Å². The first kappa shape index (κ1) is 16.6. The summed E-state index contributed by atoms with van der Waals surface area (Å²) in [5, 5.41) is 0. The maximum atomic E-state index is 12.7.